The Morgan fingerprint density at radius 2 is 1.87 bits per heavy atom. The molecule has 2 heterocycles. The quantitative estimate of drug-likeness (QED) is 0.732. The van der Waals surface area contributed by atoms with E-state index < -0.39 is 12.3 Å². The highest BCUT2D eigenvalue weighted by Gasteiger charge is 2.25. The van der Waals surface area contributed by atoms with Gasteiger partial charge in [0, 0.05) is 12.7 Å². The Morgan fingerprint density at radius 1 is 1.26 bits per heavy atom. The monoisotopic (exact) mass is 434 g/mol. The van der Waals surface area contributed by atoms with Crippen LogP contribution in [0.25, 0.3) is 5.70 Å². The summed E-state index contributed by atoms with van der Waals surface area (Å²) < 4.78 is 14.8. The van der Waals surface area contributed by atoms with Crippen LogP contribution in [0.5, 0.6) is 0 Å². The highest BCUT2D eigenvalue weighted by Crippen LogP contribution is 2.29. The number of ether oxygens (including phenoxy) is 3. The third kappa shape index (κ3) is 8.12. The number of amides is 1. The summed E-state index contributed by atoms with van der Waals surface area (Å²) in [4.78, 5) is 29.3. The van der Waals surface area contributed by atoms with Gasteiger partial charge < -0.3 is 24.8 Å². The molecule has 3 rings (SSSR count). The van der Waals surface area contributed by atoms with Gasteiger partial charge in [-0.05, 0) is 26.0 Å². The van der Waals surface area contributed by atoms with Crippen LogP contribution in [0.3, 0.4) is 0 Å². The molecular formula is C22H34N4O5. The van der Waals surface area contributed by atoms with Crippen molar-refractivity contribution in [2.24, 2.45) is 10.7 Å². The second kappa shape index (κ2) is 13.5. The van der Waals surface area contributed by atoms with Crippen LogP contribution in [0, 0.1) is 0 Å². The third-order valence-electron chi connectivity index (χ3n) is 4.23. The number of carbonyl (C=O) groups is 2. The number of nitrogens with one attached hydrogen (secondary N) is 1. The summed E-state index contributed by atoms with van der Waals surface area (Å²) in [5.74, 6) is 0.693. The van der Waals surface area contributed by atoms with Crippen molar-refractivity contribution in [1.29, 1.82) is 0 Å². The molecule has 1 fully saturated rings. The summed E-state index contributed by atoms with van der Waals surface area (Å²) >= 11 is 0. The lowest BCUT2D eigenvalue weighted by Gasteiger charge is -2.33. The van der Waals surface area contributed by atoms with Crippen LogP contribution in [-0.2, 0) is 19.0 Å². The summed E-state index contributed by atoms with van der Waals surface area (Å²) in [6, 6.07) is 7.62. The van der Waals surface area contributed by atoms with Gasteiger partial charge in [0.2, 0.25) is 0 Å². The van der Waals surface area contributed by atoms with E-state index >= 15 is 0 Å². The van der Waals surface area contributed by atoms with E-state index in [1.54, 1.807) is 18.1 Å². The van der Waals surface area contributed by atoms with E-state index in [0.717, 1.165) is 18.8 Å². The predicted octanol–water partition coefficient (Wildman–Crippen LogP) is 2.87. The number of carbonyl (C=O) groups excluding carboxylic acids is 2. The number of aliphatic imine (C=N–C) groups is 1. The number of ketones is 1. The van der Waals surface area contributed by atoms with Crippen molar-refractivity contribution in [3.63, 3.8) is 0 Å². The third-order valence-corrected chi connectivity index (χ3v) is 4.23. The van der Waals surface area contributed by atoms with Crippen LogP contribution in [0.2, 0.25) is 0 Å². The van der Waals surface area contributed by atoms with Crippen molar-refractivity contribution in [2.45, 2.75) is 40.0 Å². The van der Waals surface area contributed by atoms with E-state index in [-0.39, 0.29) is 12.3 Å². The van der Waals surface area contributed by atoms with E-state index in [4.69, 9.17) is 15.2 Å². The van der Waals surface area contributed by atoms with Gasteiger partial charge in [-0.2, -0.15) is 0 Å². The van der Waals surface area contributed by atoms with Gasteiger partial charge in [-0.15, -0.1) is 0 Å². The number of para-hydroxylation sites is 1. The Kier molecular flexibility index (Phi) is 11.5. The van der Waals surface area contributed by atoms with Gasteiger partial charge in [0.25, 0.3) is 0 Å². The van der Waals surface area contributed by atoms with E-state index in [9.17, 15) is 9.59 Å². The molecule has 9 heteroatoms. The fourth-order valence-corrected chi connectivity index (χ4v) is 2.70. The number of Topliss-reactive ketones (excluding diaryl/α,β-unsaturated/α-hetero) is 1. The predicted molar refractivity (Wildman–Crippen MR) is 122 cm³/mol. The number of nitrogens with two attached hydrogens (primary N) is 1. The Bertz CT molecular complexity index is 790. The maximum absolute atomic E-state index is 11.5. The number of rotatable bonds is 5. The lowest BCUT2D eigenvalue weighted by Crippen LogP contribution is -2.43. The summed E-state index contributed by atoms with van der Waals surface area (Å²) in [7, 11) is 2.88. The van der Waals surface area contributed by atoms with Gasteiger partial charge in [0.15, 0.2) is 6.23 Å². The zero-order chi connectivity index (χ0) is 23.4. The molecule has 1 aromatic carbocycles. The fourth-order valence-electron chi connectivity index (χ4n) is 2.70. The molecule has 31 heavy (non-hydrogen) atoms. The molecule has 1 aromatic rings. The summed E-state index contributed by atoms with van der Waals surface area (Å²) in [6.45, 7) is 9.09. The lowest BCUT2D eigenvalue weighted by molar-refractivity contribution is -0.118. The molecule has 1 amide bonds. The molecule has 172 valence electrons. The first-order chi connectivity index (χ1) is 14.8. The number of methoxy groups -OCH3 is 2. The van der Waals surface area contributed by atoms with E-state index in [1.165, 1.54) is 14.0 Å². The van der Waals surface area contributed by atoms with Crippen molar-refractivity contribution < 1.29 is 23.8 Å². The zero-order valence-electron chi connectivity index (χ0n) is 19.2. The Labute approximate surface area is 184 Å². The van der Waals surface area contributed by atoms with Gasteiger partial charge in [-0.25, -0.2) is 9.79 Å². The van der Waals surface area contributed by atoms with Crippen molar-refractivity contribution in [3.05, 3.63) is 35.9 Å². The Balaban J connectivity index is 0.000000589. The molecule has 0 bridgehead atoms. The van der Waals surface area contributed by atoms with Gasteiger partial charge >= 0.3 is 6.09 Å². The minimum absolute atomic E-state index is 0.0243. The van der Waals surface area contributed by atoms with Crippen LogP contribution in [0.15, 0.2) is 35.3 Å². The first kappa shape index (κ1) is 26.3. The second-order valence-corrected chi connectivity index (χ2v) is 6.63. The molecule has 0 spiro atoms. The fraction of sp³-hybridized carbons (Fsp3) is 0.500. The van der Waals surface area contributed by atoms with Gasteiger partial charge in [-0.3, -0.25) is 10.1 Å². The number of hydrogen-bond acceptors (Lipinski definition) is 8. The molecule has 0 aliphatic carbocycles. The van der Waals surface area contributed by atoms with Crippen LogP contribution in [-0.4, -0.2) is 68.9 Å². The first-order valence-electron chi connectivity index (χ1n) is 10.2. The topological polar surface area (TPSA) is 115 Å². The minimum atomic E-state index is -0.555. The van der Waals surface area contributed by atoms with Crippen molar-refractivity contribution in [3.8, 4) is 0 Å². The second-order valence-electron chi connectivity index (χ2n) is 6.63. The molecule has 2 aliphatic heterocycles. The molecule has 1 saturated heterocycles. The maximum Gasteiger partial charge on any atom is 0.411 e. The van der Waals surface area contributed by atoms with Crippen LogP contribution < -0.4 is 11.1 Å². The van der Waals surface area contributed by atoms with Crippen molar-refractivity contribution in [1.82, 2.24) is 4.90 Å². The highest BCUT2D eigenvalue weighted by molar-refractivity contribution is 5.95. The molecule has 0 aromatic heterocycles. The van der Waals surface area contributed by atoms with E-state index in [0.29, 0.717) is 23.3 Å². The van der Waals surface area contributed by atoms with Crippen LogP contribution in [0.4, 0.5) is 10.5 Å². The lowest BCUT2D eigenvalue weighted by atomic mass is 10.1. The standard InChI is InChI=1S/C17H21N3O4.C3H7NO.C2H6/c1-11(21)10-20-12(2)18-15(9-16(20)23-3)13-7-5-6-8-14(13)19-17(22)24-4;4-3-1-5-2-3;1-2/h5-9,16H,10H2,1-4H3,(H,19,22);3H,1-2,4H2;1-2H3. The Morgan fingerprint density at radius 3 is 2.35 bits per heavy atom. The number of amidine groups is 1. The van der Waals surface area contributed by atoms with Crippen LogP contribution >= 0.6 is 0 Å². The average Bonchev–Trinajstić information content (AvgIpc) is 2.75. The minimum Gasteiger partial charge on any atom is -0.453 e. The highest BCUT2D eigenvalue weighted by atomic mass is 16.5. The molecule has 0 saturated carbocycles. The zero-order valence-corrected chi connectivity index (χ0v) is 19.2. The first-order valence-corrected chi connectivity index (χ1v) is 10.2. The Hall–Kier alpha value is -2.75. The van der Waals surface area contributed by atoms with Gasteiger partial charge in [0.1, 0.15) is 11.6 Å². The molecule has 1 atom stereocenters. The molecule has 1 unspecified atom stereocenters. The largest absolute Gasteiger partial charge is 0.453 e. The van der Waals surface area contributed by atoms with E-state index in [2.05, 4.69) is 15.0 Å². The molecular weight excluding hydrogens is 400 g/mol. The molecule has 9 nitrogen and oxygen atoms in total. The summed E-state index contributed by atoms with van der Waals surface area (Å²) in [5, 5.41) is 2.67. The van der Waals surface area contributed by atoms with Gasteiger partial charge in [-0.1, -0.05) is 32.0 Å². The molecule has 2 aliphatic rings. The SMILES string of the molecule is CC.COC(=O)Nc1ccccc1C1=CC(OC)N(CC(C)=O)C(C)=N1.NC1COC1. The number of hydrogen-bond donors (Lipinski definition) is 2. The van der Waals surface area contributed by atoms with Crippen molar-refractivity contribution >= 4 is 29.1 Å². The normalized spacial score (nSPS) is 17.5. The number of nitrogens with zero attached hydrogens (tertiary/aromatic N) is 2. The van der Waals surface area contributed by atoms with Crippen LogP contribution in [0.1, 0.15) is 33.3 Å². The smallest absolute Gasteiger partial charge is 0.411 e. The average molecular weight is 435 g/mol. The number of anilines is 1. The van der Waals surface area contributed by atoms with Gasteiger partial charge in [0.05, 0.1) is 44.3 Å². The molecule has 3 N–H and O–H groups in total. The molecule has 0 radical (unpaired) electrons. The number of benzene rings is 1. The maximum atomic E-state index is 11.5. The summed E-state index contributed by atoms with van der Waals surface area (Å²) in [5.41, 5.74) is 7.24. The summed E-state index contributed by atoms with van der Waals surface area (Å²) in [6.07, 6.45) is 0.849. The van der Waals surface area contributed by atoms with E-state index in [1.807, 2.05) is 45.0 Å². The van der Waals surface area contributed by atoms with Crippen molar-refractivity contribution in [2.75, 3.05) is 39.3 Å².